The molecule has 2 aromatic rings. The molecule has 0 saturated heterocycles. The van der Waals surface area contributed by atoms with E-state index in [2.05, 4.69) is 21.2 Å². The van der Waals surface area contributed by atoms with Gasteiger partial charge in [-0.25, -0.2) is 4.39 Å². The van der Waals surface area contributed by atoms with Crippen molar-refractivity contribution in [3.63, 3.8) is 0 Å². The van der Waals surface area contributed by atoms with E-state index in [1.807, 2.05) is 26.0 Å². The number of rotatable bonds is 4. The fourth-order valence-electron chi connectivity index (χ4n) is 1.90. The van der Waals surface area contributed by atoms with Gasteiger partial charge in [0.25, 0.3) is 0 Å². The molecular formula is C14H14BrClFNO. The zero-order valence-electron chi connectivity index (χ0n) is 10.6. The molecule has 1 aromatic carbocycles. The van der Waals surface area contributed by atoms with E-state index in [1.54, 1.807) is 0 Å². The molecule has 0 radical (unpaired) electrons. The lowest BCUT2D eigenvalue weighted by atomic mass is 10.1. The fraction of sp³-hybridized carbons (Fsp3) is 0.286. The Morgan fingerprint density at radius 3 is 2.79 bits per heavy atom. The highest BCUT2D eigenvalue weighted by Gasteiger charge is 2.16. The summed E-state index contributed by atoms with van der Waals surface area (Å²) < 4.78 is 19.6. The van der Waals surface area contributed by atoms with E-state index >= 15 is 0 Å². The maximum Gasteiger partial charge on any atom is 0.137 e. The lowest BCUT2D eigenvalue weighted by Gasteiger charge is -2.09. The van der Waals surface area contributed by atoms with Crippen molar-refractivity contribution in [1.29, 1.82) is 0 Å². The van der Waals surface area contributed by atoms with E-state index in [9.17, 15) is 4.39 Å². The molecule has 1 heterocycles. The van der Waals surface area contributed by atoms with Crippen molar-refractivity contribution in [2.75, 3.05) is 6.54 Å². The van der Waals surface area contributed by atoms with Crippen molar-refractivity contribution in [2.24, 2.45) is 0 Å². The average Bonchev–Trinajstić information content (AvgIpc) is 2.77. The first-order valence-electron chi connectivity index (χ1n) is 6.01. The molecule has 0 aliphatic rings. The highest BCUT2D eigenvalue weighted by molar-refractivity contribution is 9.10. The van der Waals surface area contributed by atoms with Gasteiger partial charge in [0.15, 0.2) is 0 Å². The van der Waals surface area contributed by atoms with Gasteiger partial charge in [-0.2, -0.15) is 0 Å². The van der Waals surface area contributed by atoms with Crippen molar-refractivity contribution in [2.45, 2.75) is 19.9 Å². The predicted molar refractivity (Wildman–Crippen MR) is 78.9 cm³/mol. The molecule has 1 N–H and O–H groups in total. The summed E-state index contributed by atoms with van der Waals surface area (Å²) in [6.45, 7) is 4.92. The summed E-state index contributed by atoms with van der Waals surface area (Å²) in [7, 11) is 0. The van der Waals surface area contributed by atoms with Crippen molar-refractivity contribution in [3.8, 4) is 11.3 Å². The van der Waals surface area contributed by atoms with Gasteiger partial charge in [-0.05, 0) is 53.7 Å². The minimum atomic E-state index is -0.381. The number of halogens is 3. The quantitative estimate of drug-likeness (QED) is 0.826. The van der Waals surface area contributed by atoms with E-state index in [1.165, 1.54) is 12.1 Å². The molecule has 0 fully saturated rings. The minimum absolute atomic E-state index is 0.122. The second-order valence-electron chi connectivity index (χ2n) is 4.23. The van der Waals surface area contributed by atoms with Crippen LogP contribution in [0.3, 0.4) is 0 Å². The summed E-state index contributed by atoms with van der Waals surface area (Å²) in [4.78, 5) is 0. The standard InChI is InChI=1S/C14H14BrClFNO/c1-3-18-8(2)12-4-5-13(19-12)14-10(15)6-9(17)7-11(14)16/h4-8,18H,3H2,1-2H3. The van der Waals surface area contributed by atoms with Gasteiger partial charge in [0.2, 0.25) is 0 Å². The van der Waals surface area contributed by atoms with Crippen LogP contribution in [-0.4, -0.2) is 6.54 Å². The molecule has 0 saturated carbocycles. The van der Waals surface area contributed by atoms with E-state index in [4.69, 9.17) is 16.0 Å². The minimum Gasteiger partial charge on any atom is -0.459 e. The number of hydrogen-bond donors (Lipinski definition) is 1. The van der Waals surface area contributed by atoms with E-state index in [0.717, 1.165) is 12.3 Å². The van der Waals surface area contributed by atoms with Crippen LogP contribution in [0.1, 0.15) is 25.6 Å². The number of benzene rings is 1. The summed E-state index contributed by atoms with van der Waals surface area (Å²) >= 11 is 9.39. The van der Waals surface area contributed by atoms with Crippen molar-refractivity contribution in [1.82, 2.24) is 5.32 Å². The average molecular weight is 347 g/mol. The zero-order valence-corrected chi connectivity index (χ0v) is 13.0. The second kappa shape index (κ2) is 6.07. The van der Waals surface area contributed by atoms with Crippen LogP contribution < -0.4 is 5.32 Å². The first kappa shape index (κ1) is 14.6. The van der Waals surface area contributed by atoms with Gasteiger partial charge in [-0.1, -0.05) is 18.5 Å². The van der Waals surface area contributed by atoms with Gasteiger partial charge in [-0.3, -0.25) is 0 Å². The van der Waals surface area contributed by atoms with Crippen LogP contribution in [0.2, 0.25) is 5.02 Å². The molecule has 1 aromatic heterocycles. The molecule has 0 amide bonds. The summed E-state index contributed by atoms with van der Waals surface area (Å²) in [5, 5.41) is 3.59. The molecule has 1 atom stereocenters. The third-order valence-electron chi connectivity index (χ3n) is 2.82. The Bertz CT molecular complexity index is 562. The van der Waals surface area contributed by atoms with E-state index in [0.29, 0.717) is 20.8 Å². The first-order chi connectivity index (χ1) is 9.02. The number of nitrogens with one attached hydrogen (secondary N) is 1. The van der Waals surface area contributed by atoms with Gasteiger partial charge in [0.05, 0.1) is 16.6 Å². The maximum atomic E-state index is 13.2. The molecule has 5 heteroatoms. The maximum absolute atomic E-state index is 13.2. The fourth-order valence-corrected chi connectivity index (χ4v) is 2.95. The summed E-state index contributed by atoms with van der Waals surface area (Å²) in [5.74, 6) is 1.06. The Balaban J connectivity index is 2.38. The summed E-state index contributed by atoms with van der Waals surface area (Å²) in [6.07, 6.45) is 0. The number of hydrogen-bond acceptors (Lipinski definition) is 2. The molecule has 0 bridgehead atoms. The highest BCUT2D eigenvalue weighted by Crippen LogP contribution is 2.37. The van der Waals surface area contributed by atoms with Gasteiger partial charge in [0, 0.05) is 4.47 Å². The van der Waals surface area contributed by atoms with Crippen LogP contribution in [0.4, 0.5) is 4.39 Å². The van der Waals surface area contributed by atoms with Crippen LogP contribution in [0, 0.1) is 5.82 Å². The van der Waals surface area contributed by atoms with Crippen molar-refractivity contribution >= 4 is 27.5 Å². The first-order valence-corrected chi connectivity index (χ1v) is 7.18. The highest BCUT2D eigenvalue weighted by atomic mass is 79.9. The molecular weight excluding hydrogens is 333 g/mol. The van der Waals surface area contributed by atoms with E-state index in [-0.39, 0.29) is 11.9 Å². The van der Waals surface area contributed by atoms with Gasteiger partial charge in [-0.15, -0.1) is 0 Å². The molecule has 0 aliphatic heterocycles. The lowest BCUT2D eigenvalue weighted by Crippen LogP contribution is -2.16. The molecule has 0 aliphatic carbocycles. The van der Waals surface area contributed by atoms with Crippen LogP contribution in [0.5, 0.6) is 0 Å². The van der Waals surface area contributed by atoms with Crippen LogP contribution in [-0.2, 0) is 0 Å². The number of furan rings is 1. The van der Waals surface area contributed by atoms with Gasteiger partial charge in [0.1, 0.15) is 17.3 Å². The molecule has 2 rings (SSSR count). The van der Waals surface area contributed by atoms with Crippen molar-refractivity contribution < 1.29 is 8.81 Å². The Labute approximate surface area is 125 Å². The predicted octanol–water partition coefficient (Wildman–Crippen LogP) is 5.17. The van der Waals surface area contributed by atoms with Crippen LogP contribution in [0.25, 0.3) is 11.3 Å². The monoisotopic (exact) mass is 345 g/mol. The second-order valence-corrected chi connectivity index (χ2v) is 5.49. The summed E-state index contributed by atoms with van der Waals surface area (Å²) in [5.41, 5.74) is 0.665. The molecule has 102 valence electrons. The third-order valence-corrected chi connectivity index (χ3v) is 3.74. The molecule has 2 nitrogen and oxygen atoms in total. The molecule has 0 spiro atoms. The normalized spacial score (nSPS) is 12.7. The summed E-state index contributed by atoms with van der Waals surface area (Å²) in [6, 6.07) is 6.51. The Hall–Kier alpha value is -0.840. The SMILES string of the molecule is CCNC(C)c1ccc(-c2c(Cl)cc(F)cc2Br)o1. The molecule has 19 heavy (non-hydrogen) atoms. The lowest BCUT2D eigenvalue weighted by molar-refractivity contribution is 0.445. The van der Waals surface area contributed by atoms with Crippen LogP contribution >= 0.6 is 27.5 Å². The van der Waals surface area contributed by atoms with Crippen LogP contribution in [0.15, 0.2) is 33.2 Å². The Morgan fingerprint density at radius 2 is 2.16 bits per heavy atom. The van der Waals surface area contributed by atoms with E-state index < -0.39 is 0 Å². The largest absolute Gasteiger partial charge is 0.459 e. The van der Waals surface area contributed by atoms with Crippen molar-refractivity contribution in [3.05, 3.63) is 45.3 Å². The zero-order chi connectivity index (χ0) is 14.0. The topological polar surface area (TPSA) is 25.2 Å². The Morgan fingerprint density at radius 1 is 1.42 bits per heavy atom. The smallest absolute Gasteiger partial charge is 0.137 e. The van der Waals surface area contributed by atoms with Gasteiger partial charge >= 0.3 is 0 Å². The Kier molecular flexibility index (Phi) is 4.66. The molecule has 1 unspecified atom stereocenters. The third kappa shape index (κ3) is 3.19. The van der Waals surface area contributed by atoms with Gasteiger partial charge < -0.3 is 9.73 Å².